The first-order chi connectivity index (χ1) is 17.1. The van der Waals surface area contributed by atoms with E-state index in [2.05, 4.69) is 25.5 Å². The van der Waals surface area contributed by atoms with Crippen LogP contribution in [0.4, 0.5) is 17.6 Å². The quantitative estimate of drug-likeness (QED) is 0.425. The van der Waals surface area contributed by atoms with Crippen LogP contribution < -0.4 is 18.9 Å². The van der Waals surface area contributed by atoms with E-state index in [9.17, 15) is 22.7 Å². The van der Waals surface area contributed by atoms with Crippen LogP contribution in [0.25, 0.3) is 6.08 Å². The molecule has 0 spiro atoms. The standard InChI is InChI=1S/2C13H14F2O3/c1-2-3-9-11-8(6-7-16-9)4-5-10-12(11)18-13(14,15)17-10;1-3-5-9(16)11-8(4-2)6-7-10-12(11)18-13(14,15)17-10/h4-5,9H,2-3,6-7H2,1H3;4,6-7,9,16H,2-3,5H2,1H3. The highest BCUT2D eigenvalue weighted by Gasteiger charge is 2.47. The molecular weight excluding hydrogens is 484 g/mol. The second-order valence-corrected chi connectivity index (χ2v) is 8.60. The number of alkyl halides is 4. The average Bonchev–Trinajstić information content (AvgIpc) is 3.31. The SMILES string of the molecule is C=Cc1ccc2c(c1C(O)CCC)OC(F)(F)O2.CCCC1OCCc2ccc3c(c21)OC(F)(F)O3. The Labute approximate surface area is 206 Å². The van der Waals surface area contributed by atoms with Crippen molar-refractivity contribution < 1.29 is 46.4 Å². The Balaban J connectivity index is 0.000000169. The minimum atomic E-state index is -3.68. The van der Waals surface area contributed by atoms with Gasteiger partial charge in [-0.25, -0.2) is 0 Å². The number of aliphatic hydroxyl groups is 1. The molecule has 6 nitrogen and oxygen atoms in total. The third-order valence-electron chi connectivity index (χ3n) is 6.02. The highest BCUT2D eigenvalue weighted by molar-refractivity contribution is 5.63. The van der Waals surface area contributed by atoms with E-state index < -0.39 is 18.7 Å². The number of benzene rings is 2. The van der Waals surface area contributed by atoms with E-state index in [0.717, 1.165) is 36.8 Å². The Morgan fingerprint density at radius 1 is 0.972 bits per heavy atom. The van der Waals surface area contributed by atoms with Gasteiger partial charge in [0, 0.05) is 11.1 Å². The molecule has 0 aromatic heterocycles. The second-order valence-electron chi connectivity index (χ2n) is 8.60. The maximum Gasteiger partial charge on any atom is 0.586 e. The van der Waals surface area contributed by atoms with Crippen molar-refractivity contribution in [2.75, 3.05) is 6.61 Å². The van der Waals surface area contributed by atoms with Gasteiger partial charge in [-0.3, -0.25) is 0 Å². The van der Waals surface area contributed by atoms with Crippen molar-refractivity contribution in [1.29, 1.82) is 0 Å². The molecule has 0 fully saturated rings. The average molecular weight is 512 g/mol. The molecule has 3 aliphatic rings. The molecule has 2 aromatic rings. The third kappa shape index (κ3) is 5.24. The molecule has 2 atom stereocenters. The smallest absolute Gasteiger partial charge is 0.395 e. The lowest BCUT2D eigenvalue weighted by molar-refractivity contribution is -0.288. The summed E-state index contributed by atoms with van der Waals surface area (Å²) in [5.41, 5.74) is 2.62. The number of ether oxygens (including phenoxy) is 5. The first-order valence-corrected chi connectivity index (χ1v) is 11.9. The Kier molecular flexibility index (Phi) is 7.38. The van der Waals surface area contributed by atoms with E-state index in [1.54, 1.807) is 12.1 Å². The van der Waals surface area contributed by atoms with E-state index in [-0.39, 0.29) is 29.1 Å². The highest BCUT2D eigenvalue weighted by Crippen LogP contribution is 2.50. The summed E-state index contributed by atoms with van der Waals surface area (Å²) in [7, 11) is 0. The van der Waals surface area contributed by atoms with Gasteiger partial charge in [-0.15, -0.1) is 17.6 Å². The van der Waals surface area contributed by atoms with Gasteiger partial charge >= 0.3 is 12.6 Å². The lowest BCUT2D eigenvalue weighted by Crippen LogP contribution is -2.26. The second kappa shape index (κ2) is 10.2. The summed E-state index contributed by atoms with van der Waals surface area (Å²) in [4.78, 5) is 0. The van der Waals surface area contributed by atoms with Crippen molar-refractivity contribution in [2.24, 2.45) is 0 Å². The van der Waals surface area contributed by atoms with Gasteiger partial charge in [0.05, 0.1) is 18.8 Å². The van der Waals surface area contributed by atoms with Gasteiger partial charge in [-0.05, 0) is 42.5 Å². The molecule has 0 saturated heterocycles. The molecule has 1 N–H and O–H groups in total. The lowest BCUT2D eigenvalue weighted by atomic mass is 9.93. The molecule has 2 aromatic carbocycles. The molecule has 5 rings (SSSR count). The van der Waals surface area contributed by atoms with E-state index >= 15 is 0 Å². The Morgan fingerprint density at radius 3 is 2.25 bits per heavy atom. The van der Waals surface area contributed by atoms with Crippen LogP contribution >= 0.6 is 0 Å². The van der Waals surface area contributed by atoms with Crippen molar-refractivity contribution in [3.05, 3.63) is 53.1 Å². The monoisotopic (exact) mass is 512 g/mol. The molecule has 3 aliphatic heterocycles. The number of hydrogen-bond donors (Lipinski definition) is 1. The summed E-state index contributed by atoms with van der Waals surface area (Å²) < 4.78 is 76.0. The van der Waals surface area contributed by atoms with E-state index in [1.807, 2.05) is 19.9 Å². The first kappa shape index (κ1) is 26.1. The Morgan fingerprint density at radius 2 is 1.61 bits per heavy atom. The Bertz CT molecular complexity index is 1120. The summed E-state index contributed by atoms with van der Waals surface area (Å²) in [5, 5.41) is 10.0. The van der Waals surface area contributed by atoms with Crippen LogP contribution in [0.15, 0.2) is 30.8 Å². The molecule has 0 saturated carbocycles. The molecule has 2 unspecified atom stereocenters. The van der Waals surface area contributed by atoms with Crippen molar-refractivity contribution in [2.45, 2.75) is 70.7 Å². The number of aliphatic hydroxyl groups excluding tert-OH is 1. The van der Waals surface area contributed by atoms with Crippen LogP contribution in [0.1, 0.15) is 74.0 Å². The van der Waals surface area contributed by atoms with Crippen molar-refractivity contribution in [3.8, 4) is 23.0 Å². The van der Waals surface area contributed by atoms with Crippen molar-refractivity contribution in [3.63, 3.8) is 0 Å². The van der Waals surface area contributed by atoms with Gasteiger partial charge in [0.1, 0.15) is 0 Å². The molecule has 0 aliphatic carbocycles. The third-order valence-corrected chi connectivity index (χ3v) is 6.02. The van der Waals surface area contributed by atoms with Gasteiger partial charge in [0.25, 0.3) is 0 Å². The number of rotatable bonds is 6. The van der Waals surface area contributed by atoms with Crippen molar-refractivity contribution in [1.82, 2.24) is 0 Å². The van der Waals surface area contributed by atoms with Crippen LogP contribution in [-0.4, -0.2) is 24.3 Å². The predicted molar refractivity (Wildman–Crippen MR) is 123 cm³/mol. The van der Waals surface area contributed by atoms with Gasteiger partial charge < -0.3 is 28.8 Å². The first-order valence-electron chi connectivity index (χ1n) is 11.9. The van der Waals surface area contributed by atoms with E-state index in [0.29, 0.717) is 24.2 Å². The zero-order chi connectivity index (χ0) is 26.1. The van der Waals surface area contributed by atoms with Gasteiger partial charge in [-0.1, -0.05) is 51.5 Å². The van der Waals surface area contributed by atoms with Crippen LogP contribution in [0.3, 0.4) is 0 Å². The molecular formula is C26H28F4O6. The molecule has 196 valence electrons. The van der Waals surface area contributed by atoms with Crippen LogP contribution in [0, 0.1) is 0 Å². The fourth-order valence-corrected chi connectivity index (χ4v) is 4.52. The largest absolute Gasteiger partial charge is 0.586 e. The van der Waals surface area contributed by atoms with E-state index in [1.165, 1.54) is 12.1 Å². The molecule has 3 heterocycles. The summed E-state index contributed by atoms with van der Waals surface area (Å²) >= 11 is 0. The van der Waals surface area contributed by atoms with Gasteiger partial charge in [0.15, 0.2) is 23.0 Å². The normalized spacial score (nSPS) is 20.7. The van der Waals surface area contributed by atoms with Crippen molar-refractivity contribution >= 4 is 6.08 Å². The summed E-state index contributed by atoms with van der Waals surface area (Å²) in [5.74, 6) is 0.0927. The maximum atomic E-state index is 13.1. The molecule has 0 amide bonds. The molecule has 36 heavy (non-hydrogen) atoms. The topological polar surface area (TPSA) is 66.4 Å². The van der Waals surface area contributed by atoms with Crippen LogP contribution in [0.2, 0.25) is 0 Å². The van der Waals surface area contributed by atoms with Crippen LogP contribution in [-0.2, 0) is 11.2 Å². The minimum Gasteiger partial charge on any atom is -0.395 e. The molecule has 10 heteroatoms. The van der Waals surface area contributed by atoms with Gasteiger partial charge in [-0.2, -0.15) is 0 Å². The fourth-order valence-electron chi connectivity index (χ4n) is 4.52. The lowest BCUT2D eigenvalue weighted by Gasteiger charge is -2.26. The van der Waals surface area contributed by atoms with E-state index in [4.69, 9.17) is 4.74 Å². The summed E-state index contributed by atoms with van der Waals surface area (Å²) in [6, 6.07) is 6.33. The highest BCUT2D eigenvalue weighted by atomic mass is 19.3. The maximum absolute atomic E-state index is 13.1. The number of hydrogen-bond acceptors (Lipinski definition) is 6. The fraction of sp³-hybridized carbons (Fsp3) is 0.462. The zero-order valence-corrected chi connectivity index (χ0v) is 20.0. The number of fused-ring (bicyclic) bond motifs is 4. The summed E-state index contributed by atoms with van der Waals surface area (Å²) in [6.45, 7) is 8.15. The molecule has 0 bridgehead atoms. The van der Waals surface area contributed by atoms with Crippen LogP contribution in [0.5, 0.6) is 23.0 Å². The molecule has 0 radical (unpaired) electrons. The Hall–Kier alpha value is -2.98. The predicted octanol–water partition coefficient (Wildman–Crippen LogP) is 6.91. The number of halogens is 4. The summed E-state index contributed by atoms with van der Waals surface area (Å²) in [6.07, 6.45) is -3.20. The zero-order valence-electron chi connectivity index (χ0n) is 20.0. The minimum absolute atomic E-state index is 0.0595. The van der Waals surface area contributed by atoms with Gasteiger partial charge in [0.2, 0.25) is 0 Å².